The summed E-state index contributed by atoms with van der Waals surface area (Å²) in [6.45, 7) is 6.21. The molecule has 1 aromatic rings. The van der Waals surface area contributed by atoms with Crippen LogP contribution in [0.15, 0.2) is 18.2 Å². The fraction of sp³-hybridized carbons (Fsp3) is 0.682. The van der Waals surface area contributed by atoms with Crippen molar-refractivity contribution in [2.24, 2.45) is 5.92 Å². The second kappa shape index (κ2) is 8.43. The molecule has 1 heterocycles. The highest BCUT2D eigenvalue weighted by atomic mass is 16.5. The second-order valence-corrected chi connectivity index (χ2v) is 8.02. The molecule has 1 aromatic carbocycles. The number of fused-ring (bicyclic) bond motifs is 1. The average Bonchev–Trinajstić information content (AvgIpc) is 2.63. The van der Waals surface area contributed by atoms with E-state index in [2.05, 4.69) is 19.1 Å². The number of rotatable bonds is 6. The van der Waals surface area contributed by atoms with Crippen LogP contribution in [-0.2, 0) is 11.2 Å². The van der Waals surface area contributed by atoms with Crippen LogP contribution in [0, 0.1) is 12.8 Å². The normalized spacial score (nSPS) is 25.7. The number of carbonyl (C=O) groups is 1. The van der Waals surface area contributed by atoms with E-state index in [4.69, 9.17) is 4.74 Å². The lowest BCUT2D eigenvalue weighted by Crippen LogP contribution is -2.54. The third-order valence-electron chi connectivity index (χ3n) is 6.18. The number of ether oxygens (including phenoxy) is 1. The van der Waals surface area contributed by atoms with Crippen molar-refractivity contribution in [3.05, 3.63) is 29.3 Å². The molecule has 1 saturated carbocycles. The monoisotopic (exact) mass is 359 g/mol. The van der Waals surface area contributed by atoms with Crippen molar-refractivity contribution in [1.82, 2.24) is 4.90 Å². The summed E-state index contributed by atoms with van der Waals surface area (Å²) in [7, 11) is 0. The van der Waals surface area contributed by atoms with Crippen LogP contribution in [0.2, 0.25) is 0 Å². The second-order valence-electron chi connectivity index (χ2n) is 8.02. The standard InChI is InChI=1S/C22H33NO3/c1-3-26-20-11-10-18(15-17(20)2)7-6-9-21(24)23-14-13-22(25)12-5-4-8-19(22)16-23/h10-11,15,19,25H,3-9,12-14,16H2,1-2H3/t19-,22-/m0/s1. The molecule has 1 aliphatic carbocycles. The summed E-state index contributed by atoms with van der Waals surface area (Å²) in [4.78, 5) is 14.6. The first-order chi connectivity index (χ1) is 12.5. The Morgan fingerprint density at radius 3 is 2.96 bits per heavy atom. The molecule has 0 radical (unpaired) electrons. The van der Waals surface area contributed by atoms with Gasteiger partial charge in [-0.3, -0.25) is 4.79 Å². The molecule has 1 N–H and O–H groups in total. The summed E-state index contributed by atoms with van der Waals surface area (Å²) in [5.41, 5.74) is 1.91. The molecule has 2 atom stereocenters. The van der Waals surface area contributed by atoms with Crippen molar-refractivity contribution in [2.75, 3.05) is 19.7 Å². The quantitative estimate of drug-likeness (QED) is 0.839. The van der Waals surface area contributed by atoms with Crippen LogP contribution < -0.4 is 4.74 Å². The number of aliphatic hydroxyl groups is 1. The van der Waals surface area contributed by atoms with Gasteiger partial charge in [0, 0.05) is 25.4 Å². The maximum absolute atomic E-state index is 12.6. The van der Waals surface area contributed by atoms with Crippen molar-refractivity contribution < 1.29 is 14.6 Å². The Labute approximate surface area is 157 Å². The van der Waals surface area contributed by atoms with Gasteiger partial charge in [0.05, 0.1) is 12.2 Å². The SMILES string of the molecule is CCOc1ccc(CCCC(=O)N2CC[C@@]3(O)CCCC[C@H]3C2)cc1C. The molecule has 0 bridgehead atoms. The van der Waals surface area contributed by atoms with Crippen molar-refractivity contribution in [3.8, 4) is 5.75 Å². The van der Waals surface area contributed by atoms with E-state index in [1.807, 2.05) is 17.9 Å². The van der Waals surface area contributed by atoms with E-state index in [9.17, 15) is 9.90 Å². The number of benzene rings is 1. The van der Waals surface area contributed by atoms with Crippen molar-refractivity contribution >= 4 is 5.91 Å². The van der Waals surface area contributed by atoms with Gasteiger partial charge in [-0.1, -0.05) is 25.0 Å². The van der Waals surface area contributed by atoms with E-state index >= 15 is 0 Å². The topological polar surface area (TPSA) is 49.8 Å². The van der Waals surface area contributed by atoms with Crippen LogP contribution in [0.4, 0.5) is 0 Å². The van der Waals surface area contributed by atoms with Gasteiger partial charge in [0.1, 0.15) is 5.75 Å². The van der Waals surface area contributed by atoms with Gasteiger partial charge in [0.2, 0.25) is 5.91 Å². The average molecular weight is 360 g/mol. The van der Waals surface area contributed by atoms with Crippen LogP contribution in [0.5, 0.6) is 5.75 Å². The lowest BCUT2D eigenvalue weighted by Gasteiger charge is -2.47. The van der Waals surface area contributed by atoms with E-state index in [0.29, 0.717) is 19.6 Å². The Bertz CT molecular complexity index is 630. The van der Waals surface area contributed by atoms with Crippen molar-refractivity contribution in [3.63, 3.8) is 0 Å². The van der Waals surface area contributed by atoms with Gasteiger partial charge >= 0.3 is 0 Å². The minimum atomic E-state index is -0.505. The number of piperidine rings is 1. The maximum Gasteiger partial charge on any atom is 0.222 e. The molecule has 144 valence electrons. The number of hydrogen-bond donors (Lipinski definition) is 1. The van der Waals surface area contributed by atoms with Crippen molar-refractivity contribution in [1.29, 1.82) is 0 Å². The van der Waals surface area contributed by atoms with Gasteiger partial charge in [0.25, 0.3) is 0 Å². The molecule has 1 aliphatic heterocycles. The first kappa shape index (κ1) is 19.2. The maximum atomic E-state index is 12.6. The Morgan fingerprint density at radius 1 is 1.35 bits per heavy atom. The molecule has 4 heteroatoms. The van der Waals surface area contributed by atoms with E-state index in [1.165, 1.54) is 12.0 Å². The summed E-state index contributed by atoms with van der Waals surface area (Å²) in [5, 5.41) is 10.8. The fourth-order valence-corrected chi connectivity index (χ4v) is 4.58. The van der Waals surface area contributed by atoms with Gasteiger partial charge in [-0.05, 0) is 63.1 Å². The molecule has 1 amide bonds. The summed E-state index contributed by atoms with van der Waals surface area (Å²) in [5.74, 6) is 1.48. The minimum absolute atomic E-state index is 0.250. The lowest BCUT2D eigenvalue weighted by atomic mass is 9.71. The molecular formula is C22H33NO3. The molecule has 26 heavy (non-hydrogen) atoms. The number of aryl methyl sites for hydroxylation is 2. The largest absolute Gasteiger partial charge is 0.494 e. The summed E-state index contributed by atoms with van der Waals surface area (Å²) < 4.78 is 5.58. The zero-order valence-corrected chi connectivity index (χ0v) is 16.3. The van der Waals surface area contributed by atoms with Crippen LogP contribution in [0.3, 0.4) is 0 Å². The predicted molar refractivity (Wildman–Crippen MR) is 103 cm³/mol. The van der Waals surface area contributed by atoms with Gasteiger partial charge in [-0.2, -0.15) is 0 Å². The van der Waals surface area contributed by atoms with Crippen LogP contribution in [0.1, 0.15) is 63.0 Å². The predicted octanol–water partition coefficient (Wildman–Crippen LogP) is 3.87. The molecule has 0 aromatic heterocycles. The molecule has 3 rings (SSSR count). The van der Waals surface area contributed by atoms with E-state index in [0.717, 1.165) is 56.4 Å². The van der Waals surface area contributed by atoms with E-state index in [1.54, 1.807) is 0 Å². The molecular weight excluding hydrogens is 326 g/mol. The van der Waals surface area contributed by atoms with Gasteiger partial charge in [-0.15, -0.1) is 0 Å². The van der Waals surface area contributed by atoms with Gasteiger partial charge < -0.3 is 14.7 Å². The van der Waals surface area contributed by atoms with Gasteiger partial charge in [-0.25, -0.2) is 0 Å². The molecule has 0 unspecified atom stereocenters. The molecule has 1 saturated heterocycles. The minimum Gasteiger partial charge on any atom is -0.494 e. The van der Waals surface area contributed by atoms with Crippen LogP contribution in [-0.4, -0.2) is 41.2 Å². The Kier molecular flexibility index (Phi) is 6.23. The van der Waals surface area contributed by atoms with Gasteiger partial charge in [0.15, 0.2) is 0 Å². The first-order valence-corrected chi connectivity index (χ1v) is 10.2. The van der Waals surface area contributed by atoms with Crippen LogP contribution >= 0.6 is 0 Å². The molecule has 2 aliphatic rings. The lowest BCUT2D eigenvalue weighted by molar-refractivity contribution is -0.143. The number of carbonyl (C=O) groups excluding carboxylic acids is 1. The Balaban J connectivity index is 1.46. The van der Waals surface area contributed by atoms with Crippen molar-refractivity contribution in [2.45, 2.75) is 70.8 Å². The smallest absolute Gasteiger partial charge is 0.222 e. The molecule has 0 spiro atoms. The first-order valence-electron chi connectivity index (χ1n) is 10.2. The third-order valence-corrected chi connectivity index (χ3v) is 6.18. The zero-order valence-electron chi connectivity index (χ0n) is 16.3. The van der Waals surface area contributed by atoms with Crippen LogP contribution in [0.25, 0.3) is 0 Å². The summed E-state index contributed by atoms with van der Waals surface area (Å²) >= 11 is 0. The highest BCUT2D eigenvalue weighted by Gasteiger charge is 2.43. The number of nitrogens with zero attached hydrogens (tertiary/aromatic N) is 1. The van der Waals surface area contributed by atoms with E-state index in [-0.39, 0.29) is 11.8 Å². The van der Waals surface area contributed by atoms with E-state index < -0.39 is 5.60 Å². The third kappa shape index (κ3) is 4.40. The summed E-state index contributed by atoms with van der Waals surface area (Å²) in [6, 6.07) is 6.30. The number of likely N-dealkylation sites (tertiary alicyclic amines) is 1. The zero-order chi connectivity index (χ0) is 18.6. The summed E-state index contributed by atoms with van der Waals surface area (Å²) in [6.07, 6.45) is 7.42. The highest BCUT2D eigenvalue weighted by Crippen LogP contribution is 2.39. The fourth-order valence-electron chi connectivity index (χ4n) is 4.58. The number of hydrogen-bond acceptors (Lipinski definition) is 3. The molecule has 2 fully saturated rings. The Hall–Kier alpha value is -1.55. The Morgan fingerprint density at radius 2 is 2.19 bits per heavy atom. The number of amides is 1. The molecule has 4 nitrogen and oxygen atoms in total. The highest BCUT2D eigenvalue weighted by molar-refractivity contribution is 5.76.